The second-order valence-electron chi connectivity index (χ2n) is 3.64. The first kappa shape index (κ1) is 12.1. The first-order valence-electron chi connectivity index (χ1n) is 5.58. The van der Waals surface area contributed by atoms with E-state index in [0.29, 0.717) is 6.61 Å². The monoisotopic (exact) mass is 249 g/mol. The van der Waals surface area contributed by atoms with E-state index in [1.807, 2.05) is 29.6 Å². The SMILES string of the molecule is CCc1nc(COc2ccccc2CO)cs1. The van der Waals surface area contributed by atoms with Crippen molar-refractivity contribution in [1.29, 1.82) is 0 Å². The van der Waals surface area contributed by atoms with Crippen molar-refractivity contribution >= 4 is 11.3 Å². The van der Waals surface area contributed by atoms with E-state index in [-0.39, 0.29) is 6.61 Å². The van der Waals surface area contributed by atoms with Crippen LogP contribution in [-0.2, 0) is 19.6 Å². The third-order valence-corrected chi connectivity index (χ3v) is 3.46. The van der Waals surface area contributed by atoms with E-state index in [0.717, 1.165) is 28.4 Å². The van der Waals surface area contributed by atoms with Gasteiger partial charge < -0.3 is 9.84 Å². The Balaban J connectivity index is 2.01. The molecule has 1 heterocycles. The van der Waals surface area contributed by atoms with Crippen molar-refractivity contribution in [3.8, 4) is 5.75 Å². The van der Waals surface area contributed by atoms with Gasteiger partial charge >= 0.3 is 0 Å². The van der Waals surface area contributed by atoms with E-state index in [9.17, 15) is 0 Å². The normalized spacial score (nSPS) is 10.5. The number of aliphatic hydroxyl groups is 1. The Morgan fingerprint density at radius 1 is 1.35 bits per heavy atom. The summed E-state index contributed by atoms with van der Waals surface area (Å²) < 4.78 is 5.66. The number of aromatic nitrogens is 1. The summed E-state index contributed by atoms with van der Waals surface area (Å²) in [4.78, 5) is 4.43. The molecule has 0 aliphatic carbocycles. The van der Waals surface area contributed by atoms with Crippen LogP contribution in [0.1, 0.15) is 23.2 Å². The molecule has 90 valence electrons. The maximum Gasteiger partial charge on any atom is 0.131 e. The minimum absolute atomic E-state index is 0.00650. The maximum absolute atomic E-state index is 9.16. The molecule has 0 fully saturated rings. The second kappa shape index (κ2) is 5.80. The van der Waals surface area contributed by atoms with Gasteiger partial charge in [0, 0.05) is 10.9 Å². The molecule has 0 aliphatic heterocycles. The predicted molar refractivity (Wildman–Crippen MR) is 68.2 cm³/mol. The molecule has 0 radical (unpaired) electrons. The van der Waals surface area contributed by atoms with Crippen LogP contribution in [0.25, 0.3) is 0 Å². The molecule has 0 atom stereocenters. The Morgan fingerprint density at radius 3 is 2.88 bits per heavy atom. The van der Waals surface area contributed by atoms with Crippen LogP contribution in [0.15, 0.2) is 29.6 Å². The summed E-state index contributed by atoms with van der Waals surface area (Å²) in [6, 6.07) is 7.50. The van der Waals surface area contributed by atoms with E-state index >= 15 is 0 Å². The van der Waals surface area contributed by atoms with Gasteiger partial charge in [0.25, 0.3) is 0 Å². The Hall–Kier alpha value is -1.39. The van der Waals surface area contributed by atoms with Gasteiger partial charge in [0.05, 0.1) is 17.3 Å². The lowest BCUT2D eigenvalue weighted by atomic mass is 10.2. The lowest BCUT2D eigenvalue weighted by Gasteiger charge is -2.08. The van der Waals surface area contributed by atoms with Crippen molar-refractivity contribution in [2.45, 2.75) is 26.6 Å². The number of ether oxygens (including phenoxy) is 1. The molecule has 2 rings (SSSR count). The number of para-hydroxylation sites is 1. The first-order chi connectivity index (χ1) is 8.33. The second-order valence-corrected chi connectivity index (χ2v) is 4.58. The summed E-state index contributed by atoms with van der Waals surface area (Å²) in [5, 5.41) is 12.3. The Labute approximate surface area is 105 Å². The fourth-order valence-corrected chi connectivity index (χ4v) is 2.23. The van der Waals surface area contributed by atoms with E-state index in [4.69, 9.17) is 9.84 Å². The quantitative estimate of drug-likeness (QED) is 0.886. The zero-order valence-corrected chi connectivity index (χ0v) is 10.5. The highest BCUT2D eigenvalue weighted by Gasteiger charge is 2.04. The zero-order valence-electron chi connectivity index (χ0n) is 9.72. The van der Waals surface area contributed by atoms with E-state index in [1.54, 1.807) is 11.3 Å². The van der Waals surface area contributed by atoms with Gasteiger partial charge in [0.15, 0.2) is 0 Å². The van der Waals surface area contributed by atoms with Crippen molar-refractivity contribution in [2.75, 3.05) is 0 Å². The number of rotatable bonds is 5. The highest BCUT2D eigenvalue weighted by atomic mass is 32.1. The standard InChI is InChI=1S/C13H15NO2S/c1-2-13-14-11(9-17-13)8-16-12-6-4-3-5-10(12)7-15/h3-6,9,15H,2,7-8H2,1H3. The molecule has 1 aromatic carbocycles. The van der Waals surface area contributed by atoms with Crippen molar-refractivity contribution in [1.82, 2.24) is 4.98 Å². The molecule has 0 aliphatic rings. The molecule has 4 heteroatoms. The summed E-state index contributed by atoms with van der Waals surface area (Å²) >= 11 is 1.65. The fourth-order valence-electron chi connectivity index (χ4n) is 1.50. The molecular formula is C13H15NO2S. The van der Waals surface area contributed by atoms with Crippen LogP contribution in [0.2, 0.25) is 0 Å². The van der Waals surface area contributed by atoms with Gasteiger partial charge in [-0.3, -0.25) is 0 Å². The van der Waals surface area contributed by atoms with Crippen LogP contribution in [0, 0.1) is 0 Å². The van der Waals surface area contributed by atoms with E-state index < -0.39 is 0 Å². The minimum atomic E-state index is -0.00650. The van der Waals surface area contributed by atoms with Crippen molar-refractivity contribution in [3.63, 3.8) is 0 Å². The largest absolute Gasteiger partial charge is 0.487 e. The Morgan fingerprint density at radius 2 is 2.18 bits per heavy atom. The molecule has 0 spiro atoms. The van der Waals surface area contributed by atoms with E-state index in [1.165, 1.54) is 0 Å². The maximum atomic E-state index is 9.16. The average Bonchev–Trinajstić information content (AvgIpc) is 2.84. The van der Waals surface area contributed by atoms with Crippen LogP contribution in [0.5, 0.6) is 5.75 Å². The molecule has 0 unspecified atom stereocenters. The summed E-state index contributed by atoms with van der Waals surface area (Å²) in [7, 11) is 0. The molecule has 3 nitrogen and oxygen atoms in total. The highest BCUT2D eigenvalue weighted by molar-refractivity contribution is 7.09. The number of nitrogens with zero attached hydrogens (tertiary/aromatic N) is 1. The number of thiazole rings is 1. The topological polar surface area (TPSA) is 42.4 Å². The average molecular weight is 249 g/mol. The summed E-state index contributed by atoms with van der Waals surface area (Å²) in [6.07, 6.45) is 0.956. The molecule has 0 saturated heterocycles. The number of hydrogen-bond donors (Lipinski definition) is 1. The van der Waals surface area contributed by atoms with E-state index in [2.05, 4.69) is 11.9 Å². The van der Waals surface area contributed by atoms with Gasteiger partial charge in [-0.2, -0.15) is 0 Å². The molecular weight excluding hydrogens is 234 g/mol. The van der Waals surface area contributed by atoms with Crippen molar-refractivity contribution < 1.29 is 9.84 Å². The van der Waals surface area contributed by atoms with Crippen molar-refractivity contribution in [2.24, 2.45) is 0 Å². The highest BCUT2D eigenvalue weighted by Crippen LogP contribution is 2.19. The van der Waals surface area contributed by atoms with Crippen molar-refractivity contribution in [3.05, 3.63) is 45.9 Å². The Kier molecular flexibility index (Phi) is 4.12. The molecule has 1 N–H and O–H groups in total. The smallest absolute Gasteiger partial charge is 0.131 e. The van der Waals surface area contributed by atoms with Gasteiger partial charge in [-0.1, -0.05) is 25.1 Å². The molecule has 0 bridgehead atoms. The number of benzene rings is 1. The van der Waals surface area contributed by atoms with Crippen LogP contribution in [-0.4, -0.2) is 10.1 Å². The summed E-state index contributed by atoms with van der Waals surface area (Å²) in [5.74, 6) is 0.723. The van der Waals surface area contributed by atoms with Gasteiger partial charge in [-0.15, -0.1) is 11.3 Å². The van der Waals surface area contributed by atoms with Gasteiger partial charge in [0.2, 0.25) is 0 Å². The number of aryl methyl sites for hydroxylation is 1. The lowest BCUT2D eigenvalue weighted by molar-refractivity contribution is 0.257. The zero-order chi connectivity index (χ0) is 12.1. The van der Waals surface area contributed by atoms with Gasteiger partial charge in [-0.25, -0.2) is 4.98 Å². The molecule has 0 amide bonds. The van der Waals surface area contributed by atoms with Crippen LogP contribution < -0.4 is 4.74 Å². The van der Waals surface area contributed by atoms with Gasteiger partial charge in [0.1, 0.15) is 12.4 Å². The third-order valence-electron chi connectivity index (χ3n) is 2.42. The molecule has 2 aromatic rings. The predicted octanol–water partition coefficient (Wildman–Crippen LogP) is 2.78. The van der Waals surface area contributed by atoms with Gasteiger partial charge in [-0.05, 0) is 12.5 Å². The first-order valence-corrected chi connectivity index (χ1v) is 6.46. The number of aliphatic hydroxyl groups excluding tert-OH is 1. The van der Waals surface area contributed by atoms with Crippen LogP contribution in [0.4, 0.5) is 0 Å². The number of hydrogen-bond acceptors (Lipinski definition) is 4. The molecule has 17 heavy (non-hydrogen) atoms. The Bertz CT molecular complexity index is 482. The van der Waals surface area contributed by atoms with Crippen LogP contribution in [0.3, 0.4) is 0 Å². The van der Waals surface area contributed by atoms with Crippen LogP contribution >= 0.6 is 11.3 Å². The fraction of sp³-hybridized carbons (Fsp3) is 0.308. The molecule has 1 aromatic heterocycles. The third kappa shape index (κ3) is 3.05. The summed E-state index contributed by atoms with van der Waals surface area (Å²) in [6.45, 7) is 2.53. The summed E-state index contributed by atoms with van der Waals surface area (Å²) in [5.41, 5.74) is 1.75. The molecule has 0 saturated carbocycles. The lowest BCUT2D eigenvalue weighted by Crippen LogP contribution is -1.99. The minimum Gasteiger partial charge on any atom is -0.487 e.